The number of hydrogen-bond donors (Lipinski definition) is 1. The molecule has 0 spiro atoms. The number of esters is 1. The van der Waals surface area contributed by atoms with Crippen molar-refractivity contribution < 1.29 is 14.3 Å². The van der Waals surface area contributed by atoms with Crippen molar-refractivity contribution in [1.82, 2.24) is 5.32 Å². The second-order valence-electron chi connectivity index (χ2n) is 6.24. The molecule has 1 amide bonds. The lowest BCUT2D eigenvalue weighted by Gasteiger charge is -2.13. The first kappa shape index (κ1) is 20.0. The molecule has 1 aromatic carbocycles. The molecule has 0 aliphatic heterocycles. The zero-order chi connectivity index (χ0) is 19.8. The van der Waals surface area contributed by atoms with Gasteiger partial charge in [0.1, 0.15) is 0 Å². The highest BCUT2D eigenvalue weighted by Crippen LogP contribution is 2.25. The van der Waals surface area contributed by atoms with Crippen molar-refractivity contribution in [1.29, 1.82) is 0 Å². The molecular formula is C22H21NO3S2. The Morgan fingerprint density at radius 1 is 1.04 bits per heavy atom. The summed E-state index contributed by atoms with van der Waals surface area (Å²) in [6, 6.07) is 17.6. The fraction of sp³-hybridized carbons (Fsp3) is 0.182. The molecule has 0 saturated carbocycles. The summed E-state index contributed by atoms with van der Waals surface area (Å²) in [4.78, 5) is 26.5. The first-order chi connectivity index (χ1) is 13.6. The number of carbonyl (C=O) groups is 2. The summed E-state index contributed by atoms with van der Waals surface area (Å²) in [6.45, 7) is 2.23. The minimum atomic E-state index is -0.498. The van der Waals surface area contributed by atoms with Crippen LogP contribution in [0.4, 0.5) is 0 Å². The van der Waals surface area contributed by atoms with E-state index in [1.165, 1.54) is 11.3 Å². The van der Waals surface area contributed by atoms with Gasteiger partial charge in [0.25, 0.3) is 5.91 Å². The van der Waals surface area contributed by atoms with Crippen molar-refractivity contribution in [3.05, 3.63) is 80.7 Å². The van der Waals surface area contributed by atoms with Crippen LogP contribution < -0.4 is 5.32 Å². The Bertz CT molecular complexity index is 916. The average Bonchev–Trinajstić information content (AvgIpc) is 3.43. The second-order valence-corrected chi connectivity index (χ2v) is 8.17. The van der Waals surface area contributed by atoms with Crippen LogP contribution in [0, 0.1) is 0 Å². The second kappa shape index (κ2) is 10.0. The van der Waals surface area contributed by atoms with Crippen LogP contribution in [0.5, 0.6) is 0 Å². The number of rotatable bonds is 8. The van der Waals surface area contributed by atoms with Gasteiger partial charge < -0.3 is 10.1 Å². The van der Waals surface area contributed by atoms with Crippen molar-refractivity contribution in [2.24, 2.45) is 0 Å². The lowest BCUT2D eigenvalue weighted by Crippen LogP contribution is -2.31. The number of carbonyl (C=O) groups excluding carboxylic acids is 2. The molecule has 6 heteroatoms. The molecule has 0 aliphatic carbocycles. The Morgan fingerprint density at radius 3 is 2.46 bits per heavy atom. The van der Waals surface area contributed by atoms with E-state index in [0.29, 0.717) is 12.1 Å². The normalized spacial score (nSPS) is 12.4. The smallest absolute Gasteiger partial charge is 0.340 e. The predicted molar refractivity (Wildman–Crippen MR) is 115 cm³/mol. The summed E-state index contributed by atoms with van der Waals surface area (Å²) >= 11 is 3.00. The van der Waals surface area contributed by atoms with Gasteiger partial charge in [0.05, 0.1) is 5.57 Å². The maximum absolute atomic E-state index is 12.6. The van der Waals surface area contributed by atoms with E-state index in [9.17, 15) is 9.59 Å². The van der Waals surface area contributed by atoms with Gasteiger partial charge in [-0.2, -0.15) is 0 Å². The van der Waals surface area contributed by atoms with Gasteiger partial charge in [-0.05, 0) is 40.5 Å². The van der Waals surface area contributed by atoms with Crippen LogP contribution in [0.3, 0.4) is 0 Å². The highest BCUT2D eigenvalue weighted by molar-refractivity contribution is 7.12. The molecule has 0 saturated heterocycles. The molecule has 144 valence electrons. The Labute approximate surface area is 172 Å². The van der Waals surface area contributed by atoms with E-state index in [1.54, 1.807) is 17.4 Å². The summed E-state index contributed by atoms with van der Waals surface area (Å²) in [7, 11) is 0. The van der Waals surface area contributed by atoms with E-state index in [0.717, 1.165) is 15.3 Å². The van der Waals surface area contributed by atoms with Gasteiger partial charge in [-0.3, -0.25) is 4.79 Å². The van der Waals surface area contributed by atoms with E-state index in [4.69, 9.17) is 4.74 Å². The molecule has 0 aliphatic rings. The summed E-state index contributed by atoms with van der Waals surface area (Å²) < 4.78 is 5.27. The van der Waals surface area contributed by atoms with Gasteiger partial charge in [0.15, 0.2) is 6.61 Å². The van der Waals surface area contributed by atoms with Crippen LogP contribution in [0.25, 0.3) is 11.6 Å². The Kier molecular flexibility index (Phi) is 7.17. The Balaban J connectivity index is 1.55. The topological polar surface area (TPSA) is 55.4 Å². The van der Waals surface area contributed by atoms with Crippen molar-refractivity contribution in [3.8, 4) is 0 Å². The van der Waals surface area contributed by atoms with Gasteiger partial charge in [0, 0.05) is 16.3 Å². The SMILES string of the molecule is C[C@H](CNC(=O)COC(=O)/C(=C/c1cccs1)c1cccs1)c1ccccc1. The summed E-state index contributed by atoms with van der Waals surface area (Å²) in [5.74, 6) is -0.624. The van der Waals surface area contributed by atoms with Gasteiger partial charge in [0.2, 0.25) is 0 Å². The minimum absolute atomic E-state index is 0.182. The molecule has 1 atom stereocenters. The first-order valence-electron chi connectivity index (χ1n) is 8.91. The maximum atomic E-state index is 12.6. The van der Waals surface area contributed by atoms with Crippen molar-refractivity contribution in [3.63, 3.8) is 0 Å². The average molecular weight is 412 g/mol. The molecule has 3 rings (SSSR count). The maximum Gasteiger partial charge on any atom is 0.340 e. The largest absolute Gasteiger partial charge is 0.452 e. The molecule has 0 radical (unpaired) electrons. The van der Waals surface area contributed by atoms with Gasteiger partial charge in [-0.1, -0.05) is 49.4 Å². The van der Waals surface area contributed by atoms with Gasteiger partial charge in [-0.25, -0.2) is 4.79 Å². The van der Waals surface area contributed by atoms with E-state index in [2.05, 4.69) is 5.32 Å². The number of hydrogen-bond acceptors (Lipinski definition) is 5. The lowest BCUT2D eigenvalue weighted by molar-refractivity contribution is -0.142. The van der Waals surface area contributed by atoms with Crippen LogP contribution in [0.1, 0.15) is 28.2 Å². The monoisotopic (exact) mass is 411 g/mol. The summed E-state index contributed by atoms with van der Waals surface area (Å²) in [6.07, 6.45) is 1.80. The zero-order valence-corrected chi connectivity index (χ0v) is 17.1. The first-order valence-corrected chi connectivity index (χ1v) is 10.7. The molecule has 2 heterocycles. The third kappa shape index (κ3) is 5.65. The number of ether oxygens (including phenoxy) is 1. The van der Waals surface area contributed by atoms with E-state index in [1.807, 2.05) is 72.3 Å². The predicted octanol–water partition coefficient (Wildman–Crippen LogP) is 4.81. The summed E-state index contributed by atoms with van der Waals surface area (Å²) in [5.41, 5.74) is 1.61. The molecule has 28 heavy (non-hydrogen) atoms. The third-order valence-corrected chi connectivity index (χ3v) is 5.87. The van der Waals surface area contributed by atoms with Crippen LogP contribution in [0.15, 0.2) is 65.4 Å². The highest BCUT2D eigenvalue weighted by Gasteiger charge is 2.17. The molecule has 2 aromatic heterocycles. The molecule has 3 aromatic rings. The zero-order valence-electron chi connectivity index (χ0n) is 15.5. The van der Waals surface area contributed by atoms with Crippen molar-refractivity contribution in [2.45, 2.75) is 12.8 Å². The van der Waals surface area contributed by atoms with Crippen molar-refractivity contribution in [2.75, 3.05) is 13.2 Å². The van der Waals surface area contributed by atoms with E-state index >= 15 is 0 Å². The van der Waals surface area contributed by atoms with E-state index in [-0.39, 0.29) is 18.4 Å². The molecule has 0 fully saturated rings. The Morgan fingerprint density at radius 2 is 1.79 bits per heavy atom. The standard InChI is InChI=1S/C22H21NO3S2/c1-16(17-7-3-2-4-8-17)14-23-21(24)15-26-22(25)19(20-10-6-12-28-20)13-18-9-5-11-27-18/h2-13,16H,14-15H2,1H3,(H,23,24)/b19-13+/t16-/m1/s1. The molecule has 0 bridgehead atoms. The number of amides is 1. The van der Waals surface area contributed by atoms with Crippen LogP contribution in [-0.4, -0.2) is 25.0 Å². The van der Waals surface area contributed by atoms with Crippen LogP contribution in [0.2, 0.25) is 0 Å². The van der Waals surface area contributed by atoms with Gasteiger partial charge >= 0.3 is 5.97 Å². The number of nitrogens with one attached hydrogen (secondary N) is 1. The van der Waals surface area contributed by atoms with Crippen molar-refractivity contribution >= 4 is 46.2 Å². The minimum Gasteiger partial charge on any atom is -0.452 e. The Hall–Kier alpha value is -2.70. The third-order valence-electron chi connectivity index (χ3n) is 4.14. The number of benzene rings is 1. The molecular weight excluding hydrogens is 390 g/mol. The fourth-order valence-corrected chi connectivity index (χ4v) is 3.99. The summed E-state index contributed by atoms with van der Waals surface area (Å²) in [5, 5.41) is 6.68. The van der Waals surface area contributed by atoms with Crippen LogP contribution in [-0.2, 0) is 14.3 Å². The van der Waals surface area contributed by atoms with Crippen LogP contribution >= 0.6 is 22.7 Å². The fourth-order valence-electron chi connectivity index (χ4n) is 2.60. The van der Waals surface area contributed by atoms with Gasteiger partial charge in [-0.15, -0.1) is 22.7 Å². The molecule has 0 unspecified atom stereocenters. The van der Waals surface area contributed by atoms with E-state index < -0.39 is 5.97 Å². The molecule has 4 nitrogen and oxygen atoms in total. The lowest BCUT2D eigenvalue weighted by atomic mass is 10.0. The quantitative estimate of drug-likeness (QED) is 0.427. The molecule has 1 N–H and O–H groups in total. The highest BCUT2D eigenvalue weighted by atomic mass is 32.1. The number of thiophene rings is 2.